The third-order valence-electron chi connectivity index (χ3n) is 5.39. The maximum absolute atomic E-state index is 12.9. The molecule has 0 spiro atoms. The lowest BCUT2D eigenvalue weighted by atomic mass is 10.1. The molecule has 31 heavy (non-hydrogen) atoms. The molecule has 2 aromatic rings. The topological polar surface area (TPSA) is 95.2 Å². The Morgan fingerprint density at radius 3 is 2.39 bits per heavy atom. The standard InChI is InChI=1S/C23H30N4O3S/c1-8-9-27-16(3)11-19(18(27)5)12-20(14-24)23(28)25-22-13-21(10-15(2)17(22)4)31(29,30)26(6)7/h10-13H,8-9H2,1-7H3,(H,25,28)/b20-12+. The van der Waals surface area contributed by atoms with E-state index in [0.29, 0.717) is 5.69 Å². The quantitative estimate of drug-likeness (QED) is 0.519. The summed E-state index contributed by atoms with van der Waals surface area (Å²) in [5, 5.41) is 12.3. The summed E-state index contributed by atoms with van der Waals surface area (Å²) in [4.78, 5) is 13.0. The number of hydrogen-bond acceptors (Lipinski definition) is 4. The summed E-state index contributed by atoms with van der Waals surface area (Å²) < 4.78 is 28.3. The Labute approximate surface area is 185 Å². The zero-order valence-electron chi connectivity index (χ0n) is 19.2. The number of rotatable bonds is 7. The summed E-state index contributed by atoms with van der Waals surface area (Å²) >= 11 is 0. The summed E-state index contributed by atoms with van der Waals surface area (Å²) in [6.45, 7) is 10.5. The number of nitrogens with one attached hydrogen (secondary N) is 1. The van der Waals surface area contributed by atoms with Crippen molar-refractivity contribution in [3.63, 3.8) is 0 Å². The number of aryl methyl sites for hydroxylation is 2. The largest absolute Gasteiger partial charge is 0.349 e. The minimum absolute atomic E-state index is 0.0466. The van der Waals surface area contributed by atoms with E-state index in [9.17, 15) is 18.5 Å². The van der Waals surface area contributed by atoms with Gasteiger partial charge in [-0.05, 0) is 75.1 Å². The van der Waals surface area contributed by atoms with E-state index >= 15 is 0 Å². The van der Waals surface area contributed by atoms with E-state index in [-0.39, 0.29) is 10.5 Å². The molecule has 0 fully saturated rings. The maximum atomic E-state index is 12.9. The first-order valence-corrected chi connectivity index (χ1v) is 11.5. The van der Waals surface area contributed by atoms with E-state index in [1.165, 1.54) is 20.2 Å². The maximum Gasteiger partial charge on any atom is 0.266 e. The minimum Gasteiger partial charge on any atom is -0.349 e. The number of amides is 1. The Hall–Kier alpha value is -2.89. The normalized spacial score (nSPS) is 12.2. The molecule has 0 saturated carbocycles. The van der Waals surface area contributed by atoms with Gasteiger partial charge in [-0.1, -0.05) is 6.92 Å². The highest BCUT2D eigenvalue weighted by molar-refractivity contribution is 7.89. The monoisotopic (exact) mass is 442 g/mol. The second-order valence-electron chi connectivity index (χ2n) is 7.80. The van der Waals surface area contributed by atoms with Crippen molar-refractivity contribution in [3.05, 3.63) is 51.9 Å². The molecule has 0 radical (unpaired) electrons. The highest BCUT2D eigenvalue weighted by Gasteiger charge is 2.21. The molecule has 1 aromatic carbocycles. The van der Waals surface area contributed by atoms with Crippen LogP contribution in [0.15, 0.2) is 28.7 Å². The fourth-order valence-corrected chi connectivity index (χ4v) is 4.37. The van der Waals surface area contributed by atoms with Gasteiger partial charge in [-0.2, -0.15) is 5.26 Å². The van der Waals surface area contributed by atoms with E-state index in [1.54, 1.807) is 26.0 Å². The van der Waals surface area contributed by atoms with Gasteiger partial charge in [-0.25, -0.2) is 12.7 Å². The number of benzene rings is 1. The molecule has 0 aliphatic carbocycles. The zero-order valence-corrected chi connectivity index (χ0v) is 20.0. The van der Waals surface area contributed by atoms with Crippen molar-refractivity contribution in [2.24, 2.45) is 0 Å². The number of sulfonamides is 1. The van der Waals surface area contributed by atoms with Crippen LogP contribution in [0.3, 0.4) is 0 Å². The van der Waals surface area contributed by atoms with Crippen LogP contribution < -0.4 is 5.32 Å². The molecule has 166 valence electrons. The second kappa shape index (κ2) is 9.50. The average molecular weight is 443 g/mol. The van der Waals surface area contributed by atoms with Crippen LogP contribution in [0, 0.1) is 39.0 Å². The third kappa shape index (κ3) is 5.06. The van der Waals surface area contributed by atoms with E-state index in [1.807, 2.05) is 26.0 Å². The highest BCUT2D eigenvalue weighted by Crippen LogP contribution is 2.26. The number of nitriles is 1. The summed E-state index contributed by atoms with van der Waals surface area (Å²) in [5.74, 6) is -0.579. The second-order valence-corrected chi connectivity index (χ2v) is 9.95. The van der Waals surface area contributed by atoms with Crippen LogP contribution in [0.1, 0.15) is 41.4 Å². The van der Waals surface area contributed by atoms with Crippen molar-refractivity contribution < 1.29 is 13.2 Å². The van der Waals surface area contributed by atoms with E-state index in [0.717, 1.165) is 45.3 Å². The zero-order chi connectivity index (χ0) is 23.5. The summed E-state index contributed by atoms with van der Waals surface area (Å²) in [7, 11) is -0.757. The van der Waals surface area contributed by atoms with Gasteiger partial charge in [0.2, 0.25) is 10.0 Å². The molecule has 0 saturated heterocycles. The van der Waals surface area contributed by atoms with Crippen LogP contribution in [-0.2, 0) is 21.4 Å². The van der Waals surface area contributed by atoms with Crippen molar-refractivity contribution in [2.75, 3.05) is 19.4 Å². The van der Waals surface area contributed by atoms with Gasteiger partial charge in [0.25, 0.3) is 5.91 Å². The van der Waals surface area contributed by atoms with E-state index in [2.05, 4.69) is 16.8 Å². The van der Waals surface area contributed by atoms with Gasteiger partial charge in [0.05, 0.1) is 4.90 Å². The molecule has 1 heterocycles. The molecule has 0 aliphatic rings. The van der Waals surface area contributed by atoms with Crippen molar-refractivity contribution in [1.82, 2.24) is 8.87 Å². The number of hydrogen-bond donors (Lipinski definition) is 1. The fourth-order valence-electron chi connectivity index (χ4n) is 3.35. The predicted molar refractivity (Wildman–Crippen MR) is 123 cm³/mol. The molecule has 0 bridgehead atoms. The van der Waals surface area contributed by atoms with Crippen LogP contribution in [-0.4, -0.2) is 37.3 Å². The molecule has 7 nitrogen and oxygen atoms in total. The van der Waals surface area contributed by atoms with Gasteiger partial charge >= 0.3 is 0 Å². The summed E-state index contributed by atoms with van der Waals surface area (Å²) in [6.07, 6.45) is 2.56. The highest BCUT2D eigenvalue weighted by atomic mass is 32.2. The summed E-state index contributed by atoms with van der Waals surface area (Å²) in [6, 6.07) is 6.92. The van der Waals surface area contributed by atoms with Crippen LogP contribution >= 0.6 is 0 Å². The first-order valence-electron chi connectivity index (χ1n) is 10.1. The number of carbonyl (C=O) groups is 1. The SMILES string of the molecule is CCCn1c(C)cc(/C=C(\C#N)C(=O)Nc2cc(S(=O)(=O)N(C)C)cc(C)c2C)c1C. The van der Waals surface area contributed by atoms with E-state index < -0.39 is 15.9 Å². The molecule has 1 N–H and O–H groups in total. The lowest BCUT2D eigenvalue weighted by Crippen LogP contribution is -2.23. The minimum atomic E-state index is -3.66. The predicted octanol–water partition coefficient (Wildman–Crippen LogP) is 3.93. The van der Waals surface area contributed by atoms with Crippen LogP contribution in [0.5, 0.6) is 0 Å². The molecule has 0 atom stereocenters. The lowest BCUT2D eigenvalue weighted by molar-refractivity contribution is -0.112. The van der Waals surface area contributed by atoms with Gasteiger partial charge in [0.15, 0.2) is 0 Å². The van der Waals surface area contributed by atoms with Gasteiger partial charge in [-0.15, -0.1) is 0 Å². The molecular weight excluding hydrogens is 412 g/mol. The van der Waals surface area contributed by atoms with Crippen LogP contribution in [0.25, 0.3) is 6.08 Å². The number of aromatic nitrogens is 1. The molecule has 1 aromatic heterocycles. The van der Waals surface area contributed by atoms with Crippen molar-refractivity contribution in [3.8, 4) is 6.07 Å². The molecule has 0 aliphatic heterocycles. The van der Waals surface area contributed by atoms with Crippen molar-refractivity contribution in [2.45, 2.75) is 52.5 Å². The molecule has 0 unspecified atom stereocenters. The van der Waals surface area contributed by atoms with Gasteiger partial charge < -0.3 is 9.88 Å². The van der Waals surface area contributed by atoms with Gasteiger partial charge in [0.1, 0.15) is 11.6 Å². The first-order chi connectivity index (χ1) is 14.4. The third-order valence-corrected chi connectivity index (χ3v) is 7.19. The van der Waals surface area contributed by atoms with Crippen LogP contribution in [0.4, 0.5) is 5.69 Å². The van der Waals surface area contributed by atoms with Crippen molar-refractivity contribution >= 4 is 27.7 Å². The van der Waals surface area contributed by atoms with Gasteiger partial charge in [-0.3, -0.25) is 4.79 Å². The van der Waals surface area contributed by atoms with Crippen molar-refractivity contribution in [1.29, 1.82) is 5.26 Å². The Morgan fingerprint density at radius 2 is 1.84 bits per heavy atom. The molecule has 8 heteroatoms. The van der Waals surface area contributed by atoms with E-state index in [4.69, 9.17) is 0 Å². The Bertz CT molecular complexity index is 1180. The molecule has 1 amide bonds. The number of anilines is 1. The fraction of sp³-hybridized carbons (Fsp3) is 0.391. The molecular formula is C23H30N4O3S. The average Bonchev–Trinajstić information content (AvgIpc) is 2.96. The first kappa shape index (κ1) is 24.4. The van der Waals surface area contributed by atoms with Crippen LogP contribution in [0.2, 0.25) is 0 Å². The summed E-state index contributed by atoms with van der Waals surface area (Å²) in [5.41, 5.74) is 4.66. The lowest BCUT2D eigenvalue weighted by Gasteiger charge is -2.16. The Balaban J connectivity index is 2.44. The number of carbonyl (C=O) groups excluding carboxylic acids is 1. The van der Waals surface area contributed by atoms with Gasteiger partial charge in [0, 0.05) is 37.7 Å². The molecule has 2 rings (SSSR count). The smallest absolute Gasteiger partial charge is 0.266 e. The Kier molecular flexibility index (Phi) is 7.47. The Morgan fingerprint density at radius 1 is 1.19 bits per heavy atom. The number of nitrogens with zero attached hydrogens (tertiary/aromatic N) is 3.